The summed E-state index contributed by atoms with van der Waals surface area (Å²) in [6.45, 7) is 0. The third-order valence-corrected chi connectivity index (χ3v) is 6.08. The Morgan fingerprint density at radius 2 is 1.38 bits per heavy atom. The Kier molecular flexibility index (Phi) is 6.26. The Balaban J connectivity index is 1.62. The van der Waals surface area contributed by atoms with Crippen LogP contribution in [0.4, 0.5) is 0 Å². The summed E-state index contributed by atoms with van der Waals surface area (Å²) in [7, 11) is 2.00. The van der Waals surface area contributed by atoms with Gasteiger partial charge in [-0.15, -0.1) is 0 Å². The summed E-state index contributed by atoms with van der Waals surface area (Å²) in [6.07, 6.45) is 7.35. The zero-order valence-electron chi connectivity index (χ0n) is 19.9. The number of rotatable bonds is 7. The highest BCUT2D eigenvalue weighted by Crippen LogP contribution is 2.36. The van der Waals surface area contributed by atoms with Crippen molar-refractivity contribution in [2.75, 3.05) is 0 Å². The van der Waals surface area contributed by atoms with E-state index < -0.39 is 11.9 Å². The molecule has 7 nitrogen and oxygen atoms in total. The van der Waals surface area contributed by atoms with E-state index in [0.29, 0.717) is 0 Å². The largest absolute Gasteiger partial charge is 0.478 e. The van der Waals surface area contributed by atoms with Gasteiger partial charge in [-0.05, 0) is 29.3 Å². The van der Waals surface area contributed by atoms with E-state index in [4.69, 9.17) is 15.2 Å². The number of benzene rings is 3. The van der Waals surface area contributed by atoms with Gasteiger partial charge in [-0.1, -0.05) is 66.7 Å². The molecule has 0 spiro atoms. The SMILES string of the molecule is Cn1cc(-c2nc(-c3ccc(/C=C/C(=O)O)cc3)c(-c3ccc(/C=C/C(=O)O)cc3)[nH]2)c2ccccc21. The van der Waals surface area contributed by atoms with E-state index in [-0.39, 0.29) is 0 Å². The standard InChI is InChI=1S/C30H23N3O4/c1-33-18-24(23-4-2-3-5-25(23)33)30-31-28(21-12-6-19(7-13-21)10-16-26(34)35)29(32-30)22-14-8-20(9-15-22)11-17-27(36)37/h2-18H,1H3,(H,31,32)(H,34,35)(H,36,37)/b16-10+,17-11+. The van der Waals surface area contributed by atoms with Gasteiger partial charge >= 0.3 is 11.9 Å². The number of hydrogen-bond acceptors (Lipinski definition) is 3. The van der Waals surface area contributed by atoms with Crippen LogP contribution in [0.15, 0.2) is 91.1 Å². The van der Waals surface area contributed by atoms with Gasteiger partial charge in [-0.2, -0.15) is 0 Å². The van der Waals surface area contributed by atoms with Crippen molar-refractivity contribution in [1.82, 2.24) is 14.5 Å². The topological polar surface area (TPSA) is 108 Å². The number of carboxylic acid groups (broad SMARTS) is 2. The number of para-hydroxylation sites is 1. The molecule has 5 rings (SSSR count). The molecule has 7 heteroatoms. The Morgan fingerprint density at radius 3 is 1.97 bits per heavy atom. The summed E-state index contributed by atoms with van der Waals surface area (Å²) in [5.41, 5.74) is 6.98. The molecule has 0 saturated heterocycles. The second-order valence-electron chi connectivity index (χ2n) is 8.57. The number of hydrogen-bond donors (Lipinski definition) is 3. The van der Waals surface area contributed by atoms with Gasteiger partial charge in [0.15, 0.2) is 0 Å². The lowest BCUT2D eigenvalue weighted by Gasteiger charge is -2.05. The maximum atomic E-state index is 10.9. The van der Waals surface area contributed by atoms with Crippen molar-refractivity contribution < 1.29 is 19.8 Å². The molecule has 0 fully saturated rings. The van der Waals surface area contributed by atoms with Gasteiger partial charge in [0, 0.05) is 53.0 Å². The maximum absolute atomic E-state index is 10.9. The van der Waals surface area contributed by atoms with Crippen LogP contribution < -0.4 is 0 Å². The quantitative estimate of drug-likeness (QED) is 0.240. The number of aliphatic carboxylic acids is 2. The van der Waals surface area contributed by atoms with E-state index in [1.165, 1.54) is 0 Å². The zero-order chi connectivity index (χ0) is 25.9. The molecule has 0 atom stereocenters. The fraction of sp³-hybridized carbons (Fsp3) is 0.0333. The molecule has 5 aromatic rings. The molecule has 0 radical (unpaired) electrons. The number of H-pyrrole nitrogens is 1. The molecule has 3 aromatic carbocycles. The molecule has 0 bridgehead atoms. The molecule has 0 saturated carbocycles. The van der Waals surface area contributed by atoms with Gasteiger partial charge < -0.3 is 19.8 Å². The second kappa shape index (κ2) is 9.83. The highest BCUT2D eigenvalue weighted by atomic mass is 16.4. The molecule has 182 valence electrons. The summed E-state index contributed by atoms with van der Waals surface area (Å²) >= 11 is 0. The van der Waals surface area contributed by atoms with Crippen LogP contribution in [-0.2, 0) is 16.6 Å². The number of nitrogens with zero attached hydrogens (tertiary/aromatic N) is 2. The van der Waals surface area contributed by atoms with Gasteiger partial charge in [-0.25, -0.2) is 14.6 Å². The Morgan fingerprint density at radius 1 is 0.811 bits per heavy atom. The summed E-state index contributed by atoms with van der Waals surface area (Å²) in [6, 6.07) is 23.2. The number of aryl methyl sites for hydroxylation is 1. The molecular weight excluding hydrogens is 466 g/mol. The summed E-state index contributed by atoms with van der Waals surface area (Å²) in [5, 5.41) is 18.9. The van der Waals surface area contributed by atoms with Crippen molar-refractivity contribution >= 4 is 35.0 Å². The van der Waals surface area contributed by atoms with Crippen molar-refractivity contribution in [3.05, 3.63) is 102 Å². The van der Waals surface area contributed by atoms with Gasteiger partial charge in [0.2, 0.25) is 0 Å². The van der Waals surface area contributed by atoms with Crippen LogP contribution in [-0.4, -0.2) is 36.7 Å². The third-order valence-electron chi connectivity index (χ3n) is 6.08. The average molecular weight is 490 g/mol. The molecule has 0 aliphatic heterocycles. The van der Waals surface area contributed by atoms with E-state index in [1.807, 2.05) is 67.7 Å². The number of fused-ring (bicyclic) bond motifs is 1. The Hall–Kier alpha value is -5.17. The average Bonchev–Trinajstić information content (AvgIpc) is 3.49. The first-order chi connectivity index (χ1) is 17.9. The predicted octanol–water partition coefficient (Wildman–Crippen LogP) is 6.10. The highest BCUT2D eigenvalue weighted by Gasteiger charge is 2.18. The zero-order valence-corrected chi connectivity index (χ0v) is 19.9. The van der Waals surface area contributed by atoms with Crippen molar-refractivity contribution in [2.24, 2.45) is 7.05 Å². The van der Waals surface area contributed by atoms with Gasteiger partial charge in [-0.3, -0.25) is 0 Å². The normalized spacial score (nSPS) is 11.6. The number of aromatic amines is 1. The third kappa shape index (κ3) is 4.97. The van der Waals surface area contributed by atoms with Crippen LogP contribution in [0.2, 0.25) is 0 Å². The molecule has 0 amide bonds. The van der Waals surface area contributed by atoms with Crippen LogP contribution in [0.25, 0.3) is 57.0 Å². The fourth-order valence-corrected chi connectivity index (χ4v) is 4.30. The minimum atomic E-state index is -1.000. The van der Waals surface area contributed by atoms with E-state index in [1.54, 1.807) is 12.2 Å². The van der Waals surface area contributed by atoms with E-state index in [9.17, 15) is 9.59 Å². The number of nitrogens with one attached hydrogen (secondary N) is 1. The summed E-state index contributed by atoms with van der Waals surface area (Å²) < 4.78 is 2.07. The van der Waals surface area contributed by atoms with E-state index in [2.05, 4.69) is 27.9 Å². The van der Waals surface area contributed by atoms with Crippen molar-refractivity contribution in [1.29, 1.82) is 0 Å². The van der Waals surface area contributed by atoms with Crippen molar-refractivity contribution in [3.8, 4) is 33.9 Å². The first-order valence-corrected chi connectivity index (χ1v) is 11.6. The van der Waals surface area contributed by atoms with Crippen LogP contribution in [0, 0.1) is 0 Å². The highest BCUT2D eigenvalue weighted by molar-refractivity contribution is 5.96. The number of carbonyl (C=O) groups is 2. The number of imidazole rings is 1. The Labute approximate surface area is 212 Å². The van der Waals surface area contributed by atoms with E-state index in [0.717, 1.165) is 68.1 Å². The smallest absolute Gasteiger partial charge is 0.328 e. The van der Waals surface area contributed by atoms with Gasteiger partial charge in [0.25, 0.3) is 0 Å². The molecule has 0 aliphatic rings. The molecule has 0 aliphatic carbocycles. The van der Waals surface area contributed by atoms with Gasteiger partial charge in [0.05, 0.1) is 11.4 Å². The van der Waals surface area contributed by atoms with Crippen LogP contribution in [0.3, 0.4) is 0 Å². The first kappa shape index (κ1) is 23.6. The molecule has 3 N–H and O–H groups in total. The summed E-state index contributed by atoms with van der Waals surface area (Å²) in [5.74, 6) is -1.27. The molecule has 0 unspecified atom stereocenters. The molecular formula is C30H23N3O4. The minimum Gasteiger partial charge on any atom is -0.478 e. The van der Waals surface area contributed by atoms with Crippen LogP contribution >= 0.6 is 0 Å². The summed E-state index contributed by atoms with van der Waals surface area (Å²) in [4.78, 5) is 30.2. The van der Waals surface area contributed by atoms with Crippen molar-refractivity contribution in [3.63, 3.8) is 0 Å². The van der Waals surface area contributed by atoms with Crippen LogP contribution in [0.5, 0.6) is 0 Å². The Bertz CT molecular complexity index is 1590. The number of aromatic nitrogens is 3. The molecule has 37 heavy (non-hydrogen) atoms. The monoisotopic (exact) mass is 489 g/mol. The number of carboxylic acids is 2. The molecule has 2 aromatic heterocycles. The lowest BCUT2D eigenvalue weighted by atomic mass is 10.0. The second-order valence-corrected chi connectivity index (χ2v) is 8.57. The lowest BCUT2D eigenvalue weighted by Crippen LogP contribution is -1.87. The minimum absolute atomic E-state index is 0.728. The fourth-order valence-electron chi connectivity index (χ4n) is 4.30. The predicted molar refractivity (Wildman–Crippen MR) is 145 cm³/mol. The van der Waals surface area contributed by atoms with Crippen molar-refractivity contribution in [2.45, 2.75) is 0 Å². The van der Waals surface area contributed by atoms with Crippen LogP contribution in [0.1, 0.15) is 11.1 Å². The van der Waals surface area contributed by atoms with Gasteiger partial charge in [0.1, 0.15) is 5.82 Å². The molecule has 2 heterocycles. The first-order valence-electron chi connectivity index (χ1n) is 11.6. The lowest BCUT2D eigenvalue weighted by molar-refractivity contribution is -0.132. The van der Waals surface area contributed by atoms with E-state index >= 15 is 0 Å². The maximum Gasteiger partial charge on any atom is 0.328 e.